The summed E-state index contributed by atoms with van der Waals surface area (Å²) in [5.41, 5.74) is -0.774. The molecule has 2 N–H and O–H groups in total. The molecule has 2 aromatic rings. The van der Waals surface area contributed by atoms with Gasteiger partial charge in [0.05, 0.1) is 16.1 Å². The van der Waals surface area contributed by atoms with E-state index < -0.39 is 27.5 Å². The Kier molecular flexibility index (Phi) is 7.42. The van der Waals surface area contributed by atoms with Gasteiger partial charge in [0, 0.05) is 11.1 Å². The van der Waals surface area contributed by atoms with Gasteiger partial charge < -0.3 is 10.0 Å². The van der Waals surface area contributed by atoms with E-state index in [2.05, 4.69) is 16.7 Å². The van der Waals surface area contributed by atoms with Gasteiger partial charge >= 0.3 is 6.18 Å². The molecule has 0 amide bonds. The topological polar surface area (TPSA) is 69.6 Å². The van der Waals surface area contributed by atoms with E-state index in [1.54, 1.807) is 6.92 Å². The van der Waals surface area contributed by atoms with Crippen molar-refractivity contribution in [2.45, 2.75) is 30.8 Å². The molecule has 3 rings (SSSR count). The zero-order valence-corrected chi connectivity index (χ0v) is 17.5. The number of nitrogens with zero attached hydrogens (tertiary/aromatic N) is 1. The van der Waals surface area contributed by atoms with E-state index >= 15 is 0 Å². The molecule has 1 aliphatic heterocycles. The van der Waals surface area contributed by atoms with Gasteiger partial charge in [-0.25, -0.2) is 8.42 Å². The van der Waals surface area contributed by atoms with Crippen LogP contribution in [0, 0.1) is 6.92 Å². The normalized spacial score (nSPS) is 15.0. The molecule has 1 fully saturated rings. The summed E-state index contributed by atoms with van der Waals surface area (Å²) < 4.78 is 64.1. The molecule has 160 valence electrons. The summed E-state index contributed by atoms with van der Waals surface area (Å²) in [6, 6.07) is 6.24. The van der Waals surface area contributed by atoms with Crippen molar-refractivity contribution in [3.63, 3.8) is 0 Å². The highest BCUT2D eigenvalue weighted by atomic mass is 35.5. The average Bonchev–Trinajstić information content (AvgIpc) is 3.07. The number of halogens is 4. The quantitative estimate of drug-likeness (QED) is 0.698. The summed E-state index contributed by atoms with van der Waals surface area (Å²) in [6.45, 7) is 4.33. The van der Waals surface area contributed by atoms with Gasteiger partial charge in [0.15, 0.2) is 0 Å². The maximum Gasteiger partial charge on any atom is 0.419 e. The number of alkyl halides is 3. The van der Waals surface area contributed by atoms with Crippen molar-refractivity contribution in [3.05, 3.63) is 52.5 Å². The Morgan fingerprint density at radius 2 is 1.72 bits per heavy atom. The van der Waals surface area contributed by atoms with Crippen LogP contribution < -0.4 is 4.72 Å². The minimum absolute atomic E-state index is 0.146. The molecule has 2 aromatic carbocycles. The fourth-order valence-corrected chi connectivity index (χ4v) is 3.99. The number of likely N-dealkylation sites (tertiary alicyclic amines) is 1. The Morgan fingerprint density at radius 3 is 2.17 bits per heavy atom. The monoisotopic (exact) mass is 450 g/mol. The molecule has 0 atom stereocenters. The summed E-state index contributed by atoms with van der Waals surface area (Å²) in [5.74, 6) is -1.07. The zero-order chi connectivity index (χ0) is 21.8. The van der Waals surface area contributed by atoms with Crippen molar-refractivity contribution in [2.75, 3.05) is 24.9 Å². The number of benzene rings is 2. The molecule has 0 saturated carbocycles. The molecule has 0 aromatic heterocycles. The predicted molar refractivity (Wildman–Crippen MR) is 107 cm³/mol. The fraction of sp³-hybridized carbons (Fsp3) is 0.368. The molecule has 0 spiro atoms. The van der Waals surface area contributed by atoms with Gasteiger partial charge in [0.1, 0.15) is 5.75 Å². The summed E-state index contributed by atoms with van der Waals surface area (Å²) in [7, 11) is -1.87. The lowest BCUT2D eigenvalue weighted by molar-refractivity contribution is -0.138. The number of sulfonamides is 1. The first kappa shape index (κ1) is 23.3. The van der Waals surface area contributed by atoms with Gasteiger partial charge in [0.25, 0.3) is 10.0 Å². The highest BCUT2D eigenvalue weighted by molar-refractivity contribution is 7.92. The van der Waals surface area contributed by atoms with E-state index in [-0.39, 0.29) is 15.6 Å². The van der Waals surface area contributed by atoms with Gasteiger partial charge in [-0.2, -0.15) is 13.2 Å². The number of rotatable bonds is 3. The second-order valence-corrected chi connectivity index (χ2v) is 8.85. The standard InChI is InChI=1S/C14H11ClF3NO3S.C5H11N/c1-8-2-4-10(7-12(8)15)23(21,22)19-9-3-5-11(13(20)6-9)14(16,17)18;1-6-4-2-3-5-6/h2-7,19-20H,1H3;2-5H2,1H3. The van der Waals surface area contributed by atoms with Crippen molar-refractivity contribution in [1.29, 1.82) is 0 Å². The summed E-state index contributed by atoms with van der Waals surface area (Å²) in [6.07, 6.45) is -1.90. The molecule has 29 heavy (non-hydrogen) atoms. The number of anilines is 1. The molecule has 0 aliphatic carbocycles. The van der Waals surface area contributed by atoms with Gasteiger partial charge in [-0.15, -0.1) is 0 Å². The maximum atomic E-state index is 12.6. The molecule has 10 heteroatoms. The smallest absolute Gasteiger partial charge is 0.419 e. The maximum absolute atomic E-state index is 12.6. The Bertz CT molecular complexity index is 960. The van der Waals surface area contributed by atoms with E-state index in [0.717, 1.165) is 6.07 Å². The van der Waals surface area contributed by atoms with Gasteiger partial charge in [-0.3, -0.25) is 4.72 Å². The van der Waals surface area contributed by atoms with E-state index in [4.69, 9.17) is 11.6 Å². The van der Waals surface area contributed by atoms with Crippen LogP contribution in [0.4, 0.5) is 18.9 Å². The van der Waals surface area contributed by atoms with Crippen molar-refractivity contribution in [1.82, 2.24) is 4.90 Å². The summed E-state index contributed by atoms with van der Waals surface area (Å²) in [4.78, 5) is 2.22. The number of aryl methyl sites for hydroxylation is 1. The fourth-order valence-electron chi connectivity index (χ4n) is 2.66. The minimum Gasteiger partial charge on any atom is -0.507 e. The molecule has 5 nitrogen and oxygen atoms in total. The Balaban J connectivity index is 0.000000426. The van der Waals surface area contributed by atoms with Crippen LogP contribution in [0.3, 0.4) is 0 Å². The SMILES string of the molecule is CN1CCCC1.Cc1ccc(S(=O)(=O)Nc2ccc(C(F)(F)F)c(O)c2)cc1Cl. The third kappa shape index (κ3) is 6.52. The lowest BCUT2D eigenvalue weighted by Gasteiger charge is -2.12. The zero-order valence-electron chi connectivity index (χ0n) is 15.9. The predicted octanol–water partition coefficient (Wildman–Crippen LogP) is 4.89. The van der Waals surface area contributed by atoms with Crippen LogP contribution in [-0.4, -0.2) is 38.6 Å². The average molecular weight is 451 g/mol. The van der Waals surface area contributed by atoms with E-state index in [0.29, 0.717) is 17.7 Å². The third-order valence-corrected chi connectivity index (χ3v) is 6.12. The number of phenolic OH excluding ortho intramolecular Hbond substituents is 1. The first-order valence-corrected chi connectivity index (χ1v) is 10.6. The molecule has 1 heterocycles. The third-order valence-electron chi connectivity index (χ3n) is 4.34. The molecule has 1 aliphatic rings. The summed E-state index contributed by atoms with van der Waals surface area (Å²) in [5, 5.41) is 9.64. The van der Waals surface area contributed by atoms with Gasteiger partial charge in [-0.1, -0.05) is 17.7 Å². The van der Waals surface area contributed by atoms with Crippen LogP contribution in [-0.2, 0) is 16.2 Å². The van der Waals surface area contributed by atoms with Crippen LogP contribution in [0.5, 0.6) is 5.75 Å². The van der Waals surface area contributed by atoms with E-state index in [1.165, 1.54) is 44.1 Å². The number of hydrogen-bond acceptors (Lipinski definition) is 4. The van der Waals surface area contributed by atoms with Gasteiger partial charge in [0.2, 0.25) is 0 Å². The Labute approximate surface area is 173 Å². The molecular formula is C19H22ClF3N2O3S. The molecule has 0 bridgehead atoms. The second kappa shape index (κ2) is 9.23. The van der Waals surface area contributed by atoms with Crippen LogP contribution in [0.25, 0.3) is 0 Å². The minimum atomic E-state index is -4.73. The highest BCUT2D eigenvalue weighted by Gasteiger charge is 2.34. The Morgan fingerprint density at radius 1 is 1.10 bits per heavy atom. The second-order valence-electron chi connectivity index (χ2n) is 6.76. The van der Waals surface area contributed by atoms with Crippen molar-refractivity contribution < 1.29 is 26.7 Å². The number of phenols is 1. The summed E-state index contributed by atoms with van der Waals surface area (Å²) >= 11 is 5.86. The van der Waals surface area contributed by atoms with Gasteiger partial charge in [-0.05, 0) is 69.7 Å². The molecule has 1 saturated heterocycles. The highest BCUT2D eigenvalue weighted by Crippen LogP contribution is 2.37. The van der Waals surface area contributed by atoms with Crippen LogP contribution in [0.2, 0.25) is 5.02 Å². The first-order valence-electron chi connectivity index (χ1n) is 8.78. The van der Waals surface area contributed by atoms with Crippen molar-refractivity contribution in [2.24, 2.45) is 0 Å². The lowest BCUT2D eigenvalue weighted by atomic mass is 10.2. The van der Waals surface area contributed by atoms with E-state index in [9.17, 15) is 26.7 Å². The number of aromatic hydroxyl groups is 1. The van der Waals surface area contributed by atoms with Crippen LogP contribution in [0.1, 0.15) is 24.0 Å². The van der Waals surface area contributed by atoms with E-state index in [1.807, 2.05) is 0 Å². The van der Waals surface area contributed by atoms with Crippen molar-refractivity contribution >= 4 is 27.3 Å². The first-order chi connectivity index (χ1) is 13.4. The molecule has 0 unspecified atom stereocenters. The number of nitrogens with one attached hydrogen (secondary N) is 1. The Hall–Kier alpha value is -1.97. The number of hydrogen-bond donors (Lipinski definition) is 2. The molecular weight excluding hydrogens is 429 g/mol. The van der Waals surface area contributed by atoms with Crippen LogP contribution >= 0.6 is 11.6 Å². The molecule has 0 radical (unpaired) electrons. The lowest BCUT2D eigenvalue weighted by Crippen LogP contribution is -2.13. The largest absolute Gasteiger partial charge is 0.507 e. The van der Waals surface area contributed by atoms with Crippen molar-refractivity contribution in [3.8, 4) is 5.75 Å². The van der Waals surface area contributed by atoms with Crippen LogP contribution in [0.15, 0.2) is 41.3 Å².